The number of carbonyl (C=O) groups is 1. The molecule has 1 aliphatic rings. The van der Waals surface area contributed by atoms with Gasteiger partial charge in [-0.2, -0.15) is 12.6 Å². The number of ether oxygens (including phenoxy) is 1. The molecule has 0 spiro atoms. The molecule has 1 fully saturated rings. The van der Waals surface area contributed by atoms with Gasteiger partial charge in [0.25, 0.3) is 0 Å². The summed E-state index contributed by atoms with van der Waals surface area (Å²) in [6.07, 6.45) is 0.879. The Kier molecular flexibility index (Phi) is 4.94. The summed E-state index contributed by atoms with van der Waals surface area (Å²) in [6.45, 7) is 4.85. The van der Waals surface area contributed by atoms with Crippen molar-refractivity contribution in [3.63, 3.8) is 0 Å². The highest BCUT2D eigenvalue weighted by molar-refractivity contribution is 8.23. The summed E-state index contributed by atoms with van der Waals surface area (Å²) < 4.78 is 5.51. The smallest absolute Gasteiger partial charge is 0.329 e. The second-order valence-corrected chi connectivity index (χ2v) is 7.24. The van der Waals surface area contributed by atoms with Crippen molar-refractivity contribution in [2.45, 2.75) is 31.1 Å². The Morgan fingerprint density at radius 1 is 1.75 bits per heavy atom. The summed E-state index contributed by atoms with van der Waals surface area (Å²) >= 11 is 11.2. The van der Waals surface area contributed by atoms with Crippen LogP contribution in [0.4, 0.5) is 0 Å². The summed E-state index contributed by atoms with van der Waals surface area (Å²) in [5.41, 5.74) is 0. The average molecular weight is 279 g/mol. The van der Waals surface area contributed by atoms with E-state index in [1.165, 1.54) is 18.9 Å². The number of nitrogens with zero attached hydrogens (tertiary/aromatic N) is 1. The number of rotatable bonds is 4. The first-order valence-electron chi connectivity index (χ1n) is 5.09. The van der Waals surface area contributed by atoms with Crippen LogP contribution in [0.25, 0.3) is 0 Å². The second kappa shape index (κ2) is 5.60. The van der Waals surface area contributed by atoms with E-state index in [1.807, 2.05) is 4.90 Å². The fourth-order valence-corrected chi connectivity index (χ4v) is 2.95. The van der Waals surface area contributed by atoms with Crippen LogP contribution >= 0.6 is 36.6 Å². The molecule has 16 heavy (non-hydrogen) atoms. The molecular formula is C10H17NO2S3. The number of carbonyl (C=O) groups excluding carboxylic acids is 1. The van der Waals surface area contributed by atoms with Crippen molar-refractivity contribution in [1.82, 2.24) is 4.90 Å². The number of thiol groups is 1. The predicted molar refractivity (Wildman–Crippen MR) is 75.2 cm³/mol. The third-order valence-electron chi connectivity index (χ3n) is 2.41. The summed E-state index contributed by atoms with van der Waals surface area (Å²) in [5, 5.41) is 0. The van der Waals surface area contributed by atoms with Gasteiger partial charge in [-0.15, -0.1) is 0 Å². The van der Waals surface area contributed by atoms with Gasteiger partial charge in [-0.1, -0.05) is 37.8 Å². The van der Waals surface area contributed by atoms with E-state index in [4.69, 9.17) is 17.0 Å². The fraction of sp³-hybridized carbons (Fsp3) is 0.800. The van der Waals surface area contributed by atoms with Crippen LogP contribution in [0.2, 0.25) is 0 Å². The Bertz CT molecular complexity index is 288. The van der Waals surface area contributed by atoms with Crippen LogP contribution in [0.5, 0.6) is 0 Å². The number of hydrogen-bond acceptors (Lipinski definition) is 5. The summed E-state index contributed by atoms with van der Waals surface area (Å²) in [6, 6.07) is -0.224. The van der Waals surface area contributed by atoms with E-state index in [9.17, 15) is 4.79 Å². The lowest BCUT2D eigenvalue weighted by molar-refractivity contribution is -0.144. The molecule has 0 saturated carbocycles. The first kappa shape index (κ1) is 14.1. The van der Waals surface area contributed by atoms with E-state index in [2.05, 4.69) is 26.5 Å². The molecule has 1 aliphatic heterocycles. The standard InChI is InChI=1S/C10H17NO2S3/c1-10(2,15)4-5-11-7(8(12)13-3)6-16-9(11)14/h7,15H,4-6H2,1-3H3/t7-/m0/s1. The molecule has 0 aromatic carbocycles. The molecule has 6 heteroatoms. The van der Waals surface area contributed by atoms with E-state index >= 15 is 0 Å². The van der Waals surface area contributed by atoms with Crippen LogP contribution in [0.3, 0.4) is 0 Å². The van der Waals surface area contributed by atoms with Gasteiger partial charge in [0.2, 0.25) is 0 Å². The van der Waals surface area contributed by atoms with Crippen molar-refractivity contribution in [3.05, 3.63) is 0 Å². The molecule has 3 nitrogen and oxygen atoms in total. The van der Waals surface area contributed by atoms with Gasteiger partial charge in [0.15, 0.2) is 0 Å². The monoisotopic (exact) mass is 279 g/mol. The van der Waals surface area contributed by atoms with Crippen molar-refractivity contribution >= 4 is 46.9 Å². The van der Waals surface area contributed by atoms with Crippen molar-refractivity contribution < 1.29 is 9.53 Å². The highest BCUT2D eigenvalue weighted by Crippen LogP contribution is 2.27. The minimum atomic E-state index is -0.224. The molecule has 1 atom stereocenters. The maximum Gasteiger partial charge on any atom is 0.329 e. The lowest BCUT2D eigenvalue weighted by Crippen LogP contribution is -2.41. The Morgan fingerprint density at radius 2 is 2.38 bits per heavy atom. The van der Waals surface area contributed by atoms with Gasteiger partial charge in [0.05, 0.1) is 7.11 Å². The molecule has 0 bridgehead atoms. The molecule has 92 valence electrons. The van der Waals surface area contributed by atoms with Crippen LogP contribution < -0.4 is 0 Å². The first-order valence-corrected chi connectivity index (χ1v) is 6.93. The van der Waals surface area contributed by atoms with Gasteiger partial charge in [-0.3, -0.25) is 0 Å². The van der Waals surface area contributed by atoms with Crippen molar-refractivity contribution in [3.8, 4) is 0 Å². The Morgan fingerprint density at radius 3 is 2.88 bits per heavy atom. The quantitative estimate of drug-likeness (QED) is 0.483. The van der Waals surface area contributed by atoms with Gasteiger partial charge >= 0.3 is 5.97 Å². The predicted octanol–water partition coefficient (Wildman–Crippen LogP) is 1.96. The third-order valence-corrected chi connectivity index (χ3v) is 4.19. The molecule has 0 amide bonds. The molecule has 0 aromatic heterocycles. The van der Waals surface area contributed by atoms with E-state index in [1.54, 1.807) is 0 Å². The van der Waals surface area contributed by atoms with E-state index < -0.39 is 0 Å². The first-order chi connectivity index (χ1) is 7.35. The number of thioether (sulfide) groups is 1. The molecule has 0 N–H and O–H groups in total. The number of methoxy groups -OCH3 is 1. The average Bonchev–Trinajstić information content (AvgIpc) is 2.54. The van der Waals surface area contributed by atoms with Crippen LogP contribution in [-0.2, 0) is 9.53 Å². The zero-order valence-corrected chi connectivity index (χ0v) is 12.3. The van der Waals surface area contributed by atoms with Gasteiger partial charge in [-0.25, -0.2) is 4.79 Å². The largest absolute Gasteiger partial charge is 0.467 e. The van der Waals surface area contributed by atoms with Gasteiger partial charge in [0, 0.05) is 17.0 Å². The second-order valence-electron chi connectivity index (χ2n) is 4.37. The normalized spacial score (nSPS) is 21.4. The minimum absolute atomic E-state index is 0.0520. The van der Waals surface area contributed by atoms with Gasteiger partial charge in [-0.05, 0) is 6.42 Å². The highest BCUT2D eigenvalue weighted by atomic mass is 32.2. The van der Waals surface area contributed by atoms with Gasteiger partial charge in [0.1, 0.15) is 10.4 Å². The maximum atomic E-state index is 11.5. The molecule has 1 rings (SSSR count). The SMILES string of the molecule is COC(=O)[C@@H]1CSC(=S)N1CCC(C)(C)S. The lowest BCUT2D eigenvalue weighted by atomic mass is 10.1. The number of thiocarbonyl (C=S) groups is 1. The molecule has 0 unspecified atom stereocenters. The summed E-state index contributed by atoms with van der Waals surface area (Å²) in [5.74, 6) is 0.489. The van der Waals surface area contributed by atoms with Crippen molar-refractivity contribution in [1.29, 1.82) is 0 Å². The van der Waals surface area contributed by atoms with E-state index in [-0.39, 0.29) is 16.8 Å². The van der Waals surface area contributed by atoms with Gasteiger partial charge < -0.3 is 9.64 Å². The summed E-state index contributed by atoms with van der Waals surface area (Å²) in [7, 11) is 1.41. The van der Waals surface area contributed by atoms with Crippen molar-refractivity contribution in [2.24, 2.45) is 0 Å². The summed E-state index contributed by atoms with van der Waals surface area (Å²) in [4.78, 5) is 13.5. The Labute approximate surface area is 112 Å². The number of hydrogen-bond donors (Lipinski definition) is 1. The fourth-order valence-electron chi connectivity index (χ4n) is 1.42. The molecular weight excluding hydrogens is 262 g/mol. The van der Waals surface area contributed by atoms with Crippen LogP contribution in [-0.4, -0.2) is 45.4 Å². The lowest BCUT2D eigenvalue weighted by Gasteiger charge is -2.27. The molecule has 0 aromatic rings. The van der Waals surface area contributed by atoms with Crippen molar-refractivity contribution in [2.75, 3.05) is 19.4 Å². The third kappa shape index (κ3) is 3.82. The zero-order valence-electron chi connectivity index (χ0n) is 9.73. The Hall–Kier alpha value is 0.0600. The minimum Gasteiger partial charge on any atom is -0.467 e. The molecule has 1 saturated heterocycles. The maximum absolute atomic E-state index is 11.5. The molecule has 0 aliphatic carbocycles. The topological polar surface area (TPSA) is 29.5 Å². The number of esters is 1. The molecule has 1 heterocycles. The van der Waals surface area contributed by atoms with E-state index in [0.29, 0.717) is 5.75 Å². The molecule has 0 radical (unpaired) electrons. The zero-order chi connectivity index (χ0) is 12.3. The van der Waals surface area contributed by atoms with Crippen LogP contribution in [0.15, 0.2) is 0 Å². The highest BCUT2D eigenvalue weighted by Gasteiger charge is 2.35. The Balaban J connectivity index is 2.60. The van der Waals surface area contributed by atoms with E-state index in [0.717, 1.165) is 17.3 Å². The van der Waals surface area contributed by atoms with Crippen LogP contribution in [0, 0.1) is 0 Å². The van der Waals surface area contributed by atoms with Crippen LogP contribution in [0.1, 0.15) is 20.3 Å².